The molecule has 1 amide bonds. The minimum absolute atomic E-state index is 0.0498. The molecule has 0 saturated heterocycles. The molecule has 0 saturated carbocycles. The highest BCUT2D eigenvalue weighted by Crippen LogP contribution is 1.93. The quantitative estimate of drug-likeness (QED) is 0.496. The summed E-state index contributed by atoms with van der Waals surface area (Å²) in [5, 5.41) is 18.8. The van der Waals surface area contributed by atoms with Crippen molar-refractivity contribution in [1.29, 1.82) is 0 Å². The molecular formula is C7H11NO5. The molecule has 1 unspecified atom stereocenters. The predicted molar refractivity (Wildman–Crippen MR) is 42.1 cm³/mol. The third-order valence-electron chi connectivity index (χ3n) is 1.40. The topological polar surface area (TPSA) is 104 Å². The molecule has 0 aromatic heterocycles. The van der Waals surface area contributed by atoms with Crippen LogP contribution in [-0.4, -0.2) is 34.6 Å². The summed E-state index contributed by atoms with van der Waals surface area (Å²) in [6, 6.07) is 0. The van der Waals surface area contributed by atoms with Crippen LogP contribution in [0.4, 0.5) is 0 Å². The standard InChI is InChI=1S/C7H11NO5/c1-4(7(12)13)6(11)8-3-2-5(9)10/h4H,2-3H2,1H3,(H,8,11)(H,9,10)(H,12,13). The third-order valence-corrected chi connectivity index (χ3v) is 1.40. The van der Waals surface area contributed by atoms with E-state index in [1.54, 1.807) is 0 Å². The van der Waals surface area contributed by atoms with Crippen molar-refractivity contribution in [3.8, 4) is 0 Å². The summed E-state index contributed by atoms with van der Waals surface area (Å²) < 4.78 is 0. The second-order valence-corrected chi connectivity index (χ2v) is 2.49. The van der Waals surface area contributed by atoms with Crippen molar-refractivity contribution in [2.45, 2.75) is 13.3 Å². The van der Waals surface area contributed by atoms with Gasteiger partial charge in [-0.2, -0.15) is 0 Å². The molecule has 0 aromatic rings. The van der Waals surface area contributed by atoms with E-state index in [4.69, 9.17) is 10.2 Å². The largest absolute Gasteiger partial charge is 0.481 e. The molecule has 0 rings (SSSR count). The Bertz CT molecular complexity index is 225. The molecule has 0 heterocycles. The maximum Gasteiger partial charge on any atom is 0.315 e. The Balaban J connectivity index is 3.75. The lowest BCUT2D eigenvalue weighted by atomic mass is 10.2. The van der Waals surface area contributed by atoms with Gasteiger partial charge in [-0.1, -0.05) is 0 Å². The van der Waals surface area contributed by atoms with Gasteiger partial charge < -0.3 is 15.5 Å². The molecular weight excluding hydrogens is 178 g/mol. The number of carboxylic acid groups (broad SMARTS) is 2. The van der Waals surface area contributed by atoms with Crippen LogP contribution < -0.4 is 5.32 Å². The van der Waals surface area contributed by atoms with Gasteiger partial charge in [0.05, 0.1) is 6.42 Å². The zero-order chi connectivity index (χ0) is 10.4. The summed E-state index contributed by atoms with van der Waals surface area (Å²) in [4.78, 5) is 31.2. The lowest BCUT2D eigenvalue weighted by molar-refractivity contribution is -0.146. The summed E-state index contributed by atoms with van der Waals surface area (Å²) in [7, 11) is 0. The van der Waals surface area contributed by atoms with Crippen LogP contribution in [0.5, 0.6) is 0 Å². The van der Waals surface area contributed by atoms with Crippen LogP contribution >= 0.6 is 0 Å². The first-order valence-corrected chi connectivity index (χ1v) is 3.67. The normalized spacial score (nSPS) is 11.8. The zero-order valence-electron chi connectivity index (χ0n) is 7.11. The predicted octanol–water partition coefficient (Wildman–Crippen LogP) is -0.702. The number of rotatable bonds is 5. The Morgan fingerprint density at radius 1 is 1.31 bits per heavy atom. The SMILES string of the molecule is CC(C(=O)O)C(=O)NCCC(=O)O. The minimum atomic E-state index is -1.23. The van der Waals surface area contributed by atoms with E-state index >= 15 is 0 Å². The van der Waals surface area contributed by atoms with E-state index in [0.29, 0.717) is 0 Å². The van der Waals surface area contributed by atoms with Crippen molar-refractivity contribution >= 4 is 17.8 Å². The van der Waals surface area contributed by atoms with Gasteiger partial charge in [-0.15, -0.1) is 0 Å². The number of hydrogen-bond donors (Lipinski definition) is 3. The number of nitrogens with one attached hydrogen (secondary N) is 1. The van der Waals surface area contributed by atoms with E-state index in [-0.39, 0.29) is 13.0 Å². The van der Waals surface area contributed by atoms with Crippen LogP contribution in [0.15, 0.2) is 0 Å². The molecule has 6 heteroatoms. The molecule has 0 aromatic carbocycles. The Hall–Kier alpha value is -1.59. The fraction of sp³-hybridized carbons (Fsp3) is 0.571. The molecule has 0 fully saturated rings. The van der Waals surface area contributed by atoms with Gasteiger partial charge >= 0.3 is 11.9 Å². The smallest absolute Gasteiger partial charge is 0.315 e. The summed E-state index contributed by atoms with van der Waals surface area (Å²) in [5.74, 6) is -4.08. The average Bonchev–Trinajstić information content (AvgIpc) is 2.02. The number of carbonyl (C=O) groups is 3. The fourth-order valence-corrected chi connectivity index (χ4v) is 0.558. The molecule has 1 atom stereocenters. The number of carboxylic acids is 2. The Kier molecular flexibility index (Phi) is 4.50. The number of carbonyl (C=O) groups excluding carboxylic acids is 1. The highest BCUT2D eigenvalue weighted by atomic mass is 16.4. The number of hydrogen-bond acceptors (Lipinski definition) is 3. The van der Waals surface area contributed by atoms with Crippen LogP contribution in [0.2, 0.25) is 0 Å². The van der Waals surface area contributed by atoms with E-state index < -0.39 is 23.8 Å². The van der Waals surface area contributed by atoms with Gasteiger partial charge in [-0.05, 0) is 6.92 Å². The van der Waals surface area contributed by atoms with Gasteiger partial charge in [-0.25, -0.2) is 0 Å². The molecule has 0 aliphatic carbocycles. The van der Waals surface area contributed by atoms with Crippen molar-refractivity contribution in [1.82, 2.24) is 5.32 Å². The lowest BCUT2D eigenvalue weighted by Crippen LogP contribution is -2.34. The summed E-state index contributed by atoms with van der Waals surface area (Å²) in [5.41, 5.74) is 0. The van der Waals surface area contributed by atoms with Gasteiger partial charge in [-0.3, -0.25) is 14.4 Å². The van der Waals surface area contributed by atoms with E-state index in [1.165, 1.54) is 6.92 Å². The molecule has 74 valence electrons. The van der Waals surface area contributed by atoms with Crippen molar-refractivity contribution in [2.24, 2.45) is 5.92 Å². The first kappa shape index (κ1) is 11.4. The van der Waals surface area contributed by atoms with Crippen molar-refractivity contribution < 1.29 is 24.6 Å². The van der Waals surface area contributed by atoms with Crippen LogP contribution in [0, 0.1) is 5.92 Å². The van der Waals surface area contributed by atoms with Gasteiger partial charge in [0.2, 0.25) is 5.91 Å². The molecule has 0 aliphatic rings. The molecule has 13 heavy (non-hydrogen) atoms. The third kappa shape index (κ3) is 4.78. The van der Waals surface area contributed by atoms with E-state index in [0.717, 1.165) is 0 Å². The van der Waals surface area contributed by atoms with E-state index in [9.17, 15) is 14.4 Å². The van der Waals surface area contributed by atoms with Gasteiger partial charge in [0.1, 0.15) is 5.92 Å². The monoisotopic (exact) mass is 189 g/mol. The number of aliphatic carboxylic acids is 2. The molecule has 0 spiro atoms. The maximum atomic E-state index is 10.9. The molecule has 0 radical (unpaired) electrons. The van der Waals surface area contributed by atoms with Crippen molar-refractivity contribution in [3.63, 3.8) is 0 Å². The lowest BCUT2D eigenvalue weighted by Gasteiger charge is -2.06. The minimum Gasteiger partial charge on any atom is -0.481 e. The first-order chi connectivity index (χ1) is 5.95. The average molecular weight is 189 g/mol. The van der Waals surface area contributed by atoms with Gasteiger partial charge in [0.15, 0.2) is 0 Å². The van der Waals surface area contributed by atoms with Crippen LogP contribution in [0.25, 0.3) is 0 Å². The van der Waals surface area contributed by atoms with Crippen molar-refractivity contribution in [3.05, 3.63) is 0 Å². The summed E-state index contributed by atoms with van der Waals surface area (Å²) in [6.07, 6.45) is -0.210. The number of amides is 1. The summed E-state index contributed by atoms with van der Waals surface area (Å²) >= 11 is 0. The maximum absolute atomic E-state index is 10.9. The molecule has 3 N–H and O–H groups in total. The molecule has 0 aliphatic heterocycles. The molecule has 6 nitrogen and oxygen atoms in total. The van der Waals surface area contributed by atoms with Crippen LogP contribution in [-0.2, 0) is 14.4 Å². The van der Waals surface area contributed by atoms with E-state index in [2.05, 4.69) is 5.32 Å². The zero-order valence-corrected chi connectivity index (χ0v) is 7.11. The Labute approximate surface area is 74.6 Å². The van der Waals surface area contributed by atoms with Gasteiger partial charge in [0.25, 0.3) is 0 Å². The van der Waals surface area contributed by atoms with Crippen molar-refractivity contribution in [2.75, 3.05) is 6.54 Å². The van der Waals surface area contributed by atoms with E-state index in [1.807, 2.05) is 0 Å². The summed E-state index contributed by atoms with van der Waals surface area (Å²) in [6.45, 7) is 1.18. The van der Waals surface area contributed by atoms with Crippen LogP contribution in [0.1, 0.15) is 13.3 Å². The Morgan fingerprint density at radius 2 is 1.85 bits per heavy atom. The second-order valence-electron chi connectivity index (χ2n) is 2.49. The first-order valence-electron chi connectivity index (χ1n) is 3.67. The Morgan fingerprint density at radius 3 is 2.23 bits per heavy atom. The fourth-order valence-electron chi connectivity index (χ4n) is 0.558. The highest BCUT2D eigenvalue weighted by molar-refractivity contribution is 5.96. The van der Waals surface area contributed by atoms with Crippen LogP contribution in [0.3, 0.4) is 0 Å². The second kappa shape index (κ2) is 5.13. The molecule has 0 bridgehead atoms. The highest BCUT2D eigenvalue weighted by Gasteiger charge is 2.19. The van der Waals surface area contributed by atoms with Gasteiger partial charge in [0, 0.05) is 6.54 Å².